The fourth-order valence-electron chi connectivity index (χ4n) is 3.01. The number of para-hydroxylation sites is 1. The highest BCUT2D eigenvalue weighted by molar-refractivity contribution is 7.90. The Morgan fingerprint density at radius 2 is 2.04 bits per heavy atom. The Kier molecular flexibility index (Phi) is 4.28. The zero-order valence-electron chi connectivity index (χ0n) is 13.0. The first kappa shape index (κ1) is 16.4. The molecule has 1 aliphatic heterocycles. The van der Waals surface area contributed by atoms with E-state index in [0.29, 0.717) is 35.1 Å². The zero-order chi connectivity index (χ0) is 17.3. The molecule has 2 heterocycles. The third-order valence-electron chi connectivity index (χ3n) is 4.05. The highest BCUT2D eigenvalue weighted by Crippen LogP contribution is 2.26. The van der Waals surface area contributed by atoms with Gasteiger partial charge in [-0.2, -0.15) is 0 Å². The van der Waals surface area contributed by atoms with Crippen molar-refractivity contribution in [3.05, 3.63) is 58.4 Å². The lowest BCUT2D eigenvalue weighted by atomic mass is 10.1. The Bertz CT molecular complexity index is 988. The van der Waals surface area contributed by atoms with Crippen molar-refractivity contribution in [2.75, 3.05) is 6.61 Å². The molecule has 0 aliphatic carbocycles. The number of hydrogen-bond donors (Lipinski definition) is 0. The maximum Gasteiger partial charge on any atom is 0.330 e. The summed E-state index contributed by atoms with van der Waals surface area (Å²) < 4.78 is 30.8. The second-order valence-corrected chi connectivity index (χ2v) is 7.75. The molecule has 0 radical (unpaired) electrons. The Balaban J connectivity index is 2.01. The van der Waals surface area contributed by atoms with Crippen LogP contribution in [0, 0.1) is 0 Å². The molecule has 126 valence electrons. The van der Waals surface area contributed by atoms with E-state index in [1.165, 1.54) is 0 Å². The number of ether oxygens (including phenoxy) is 1. The van der Waals surface area contributed by atoms with E-state index in [2.05, 4.69) is 6.58 Å². The monoisotopic (exact) mass is 347 g/mol. The van der Waals surface area contributed by atoms with Crippen molar-refractivity contribution in [2.45, 2.75) is 24.5 Å². The molecule has 1 aromatic heterocycles. The predicted octanol–water partition coefficient (Wildman–Crippen LogP) is 1.55. The van der Waals surface area contributed by atoms with E-state index >= 15 is 0 Å². The van der Waals surface area contributed by atoms with E-state index in [1.807, 2.05) is 10.6 Å². The fourth-order valence-corrected chi connectivity index (χ4v) is 4.59. The molecule has 0 fully saturated rings. The first-order valence-electron chi connectivity index (χ1n) is 7.56. The van der Waals surface area contributed by atoms with Gasteiger partial charge in [-0.15, -0.1) is 0 Å². The summed E-state index contributed by atoms with van der Waals surface area (Å²) in [5.74, 6) is -0.834. The summed E-state index contributed by atoms with van der Waals surface area (Å²) in [5.41, 5.74) is 1.40. The van der Waals surface area contributed by atoms with Gasteiger partial charge in [-0.1, -0.05) is 18.7 Å². The summed E-state index contributed by atoms with van der Waals surface area (Å²) >= 11 is 0. The molecular formula is C17H17NO5S. The largest absolute Gasteiger partial charge is 0.462 e. The Labute approximate surface area is 139 Å². The smallest absolute Gasteiger partial charge is 0.330 e. The molecule has 0 bridgehead atoms. The third kappa shape index (κ3) is 2.99. The van der Waals surface area contributed by atoms with Crippen molar-refractivity contribution >= 4 is 26.7 Å². The summed E-state index contributed by atoms with van der Waals surface area (Å²) in [4.78, 5) is 23.6. The molecule has 6 nitrogen and oxygen atoms in total. The molecule has 0 amide bonds. The van der Waals surface area contributed by atoms with E-state index in [-0.39, 0.29) is 23.5 Å². The molecule has 0 unspecified atom stereocenters. The SMILES string of the molecule is C=CC(=O)OCCCn1c2c(c(=O)c3ccccc31)CS(=O)(=O)C2. The highest BCUT2D eigenvalue weighted by Gasteiger charge is 2.30. The van der Waals surface area contributed by atoms with Gasteiger partial charge in [-0.25, -0.2) is 13.2 Å². The van der Waals surface area contributed by atoms with Gasteiger partial charge in [-0.05, 0) is 18.6 Å². The Morgan fingerprint density at radius 3 is 2.79 bits per heavy atom. The van der Waals surface area contributed by atoms with Crippen LogP contribution >= 0.6 is 0 Å². The molecule has 2 aromatic rings. The number of aromatic nitrogens is 1. The molecule has 3 rings (SSSR count). The summed E-state index contributed by atoms with van der Waals surface area (Å²) in [5, 5.41) is 0.511. The van der Waals surface area contributed by atoms with Crippen LogP contribution in [0.2, 0.25) is 0 Å². The van der Waals surface area contributed by atoms with Gasteiger partial charge >= 0.3 is 5.97 Å². The predicted molar refractivity (Wildman–Crippen MR) is 90.3 cm³/mol. The van der Waals surface area contributed by atoms with E-state index in [9.17, 15) is 18.0 Å². The van der Waals surface area contributed by atoms with Crippen molar-refractivity contribution in [3.8, 4) is 0 Å². The minimum absolute atomic E-state index is 0.130. The van der Waals surface area contributed by atoms with E-state index in [1.54, 1.807) is 18.2 Å². The molecule has 7 heteroatoms. The van der Waals surface area contributed by atoms with Crippen LogP contribution in [-0.4, -0.2) is 25.6 Å². The van der Waals surface area contributed by atoms with Crippen molar-refractivity contribution in [2.24, 2.45) is 0 Å². The number of rotatable bonds is 5. The Morgan fingerprint density at radius 1 is 1.29 bits per heavy atom. The molecule has 0 N–H and O–H groups in total. The van der Waals surface area contributed by atoms with E-state index < -0.39 is 15.8 Å². The highest BCUT2D eigenvalue weighted by atomic mass is 32.2. The van der Waals surface area contributed by atoms with Crippen LogP contribution in [0.5, 0.6) is 0 Å². The summed E-state index contributed by atoms with van der Waals surface area (Å²) in [7, 11) is -3.30. The number of aryl methyl sites for hydroxylation is 1. The molecule has 0 saturated carbocycles. The number of hydrogen-bond acceptors (Lipinski definition) is 5. The van der Waals surface area contributed by atoms with Gasteiger partial charge in [0.25, 0.3) is 0 Å². The minimum Gasteiger partial charge on any atom is -0.462 e. The average molecular weight is 347 g/mol. The van der Waals surface area contributed by atoms with Gasteiger partial charge in [0.2, 0.25) is 0 Å². The molecule has 1 aromatic carbocycles. The molecule has 24 heavy (non-hydrogen) atoms. The van der Waals surface area contributed by atoms with Crippen molar-refractivity contribution in [3.63, 3.8) is 0 Å². The van der Waals surface area contributed by atoms with Crippen molar-refractivity contribution in [1.29, 1.82) is 0 Å². The van der Waals surface area contributed by atoms with Gasteiger partial charge in [0, 0.05) is 29.3 Å². The summed E-state index contributed by atoms with van der Waals surface area (Å²) in [6.07, 6.45) is 1.61. The number of pyridine rings is 1. The number of sulfone groups is 1. The fraction of sp³-hybridized carbons (Fsp3) is 0.294. The number of esters is 1. The molecule has 0 saturated heterocycles. The minimum atomic E-state index is -3.30. The standard InChI is InChI=1S/C17H17NO5S/c1-2-16(19)23-9-5-8-18-14-7-4-3-6-12(14)17(20)13-10-24(21,22)11-15(13)18/h2-4,6-7H,1,5,8-11H2. The topological polar surface area (TPSA) is 82.4 Å². The van der Waals surface area contributed by atoms with Gasteiger partial charge in [0.1, 0.15) is 0 Å². The first-order chi connectivity index (χ1) is 11.4. The van der Waals surface area contributed by atoms with E-state index in [0.717, 1.165) is 6.08 Å². The van der Waals surface area contributed by atoms with Crippen LogP contribution in [0.4, 0.5) is 0 Å². The molecule has 0 spiro atoms. The van der Waals surface area contributed by atoms with Crippen LogP contribution in [0.1, 0.15) is 17.7 Å². The van der Waals surface area contributed by atoms with Crippen molar-refractivity contribution in [1.82, 2.24) is 4.57 Å². The first-order valence-corrected chi connectivity index (χ1v) is 9.38. The molecule has 1 aliphatic rings. The molecule has 0 atom stereocenters. The van der Waals surface area contributed by atoms with Crippen LogP contribution in [0.25, 0.3) is 10.9 Å². The zero-order valence-corrected chi connectivity index (χ0v) is 13.8. The quantitative estimate of drug-likeness (QED) is 0.466. The maximum atomic E-state index is 12.6. The number of carbonyl (C=O) groups is 1. The lowest BCUT2D eigenvalue weighted by molar-refractivity contribution is -0.137. The number of fused-ring (bicyclic) bond motifs is 2. The van der Waals surface area contributed by atoms with Gasteiger partial charge in [0.05, 0.1) is 23.6 Å². The summed E-state index contributed by atoms with van der Waals surface area (Å²) in [6, 6.07) is 7.08. The van der Waals surface area contributed by atoms with Crippen LogP contribution < -0.4 is 5.43 Å². The average Bonchev–Trinajstić information content (AvgIpc) is 2.89. The second-order valence-electron chi connectivity index (χ2n) is 5.68. The lowest BCUT2D eigenvalue weighted by Gasteiger charge is -2.16. The third-order valence-corrected chi connectivity index (χ3v) is 5.49. The van der Waals surface area contributed by atoms with Crippen LogP contribution in [0.15, 0.2) is 41.7 Å². The normalized spacial score (nSPS) is 15.2. The second kappa shape index (κ2) is 6.24. The molecular weight excluding hydrogens is 330 g/mol. The Hall–Kier alpha value is -2.41. The number of benzene rings is 1. The maximum absolute atomic E-state index is 12.6. The number of carbonyl (C=O) groups excluding carboxylic acids is 1. The van der Waals surface area contributed by atoms with Crippen LogP contribution in [-0.2, 0) is 37.4 Å². The van der Waals surface area contributed by atoms with Gasteiger partial charge in [-0.3, -0.25) is 4.79 Å². The summed E-state index contributed by atoms with van der Waals surface area (Å²) in [6.45, 7) is 3.99. The van der Waals surface area contributed by atoms with Crippen LogP contribution in [0.3, 0.4) is 0 Å². The lowest BCUT2D eigenvalue weighted by Crippen LogP contribution is -2.18. The van der Waals surface area contributed by atoms with Crippen molar-refractivity contribution < 1.29 is 17.9 Å². The number of nitrogens with zero attached hydrogens (tertiary/aromatic N) is 1. The van der Waals surface area contributed by atoms with E-state index in [4.69, 9.17) is 4.74 Å². The van der Waals surface area contributed by atoms with Gasteiger partial charge < -0.3 is 9.30 Å². The van der Waals surface area contributed by atoms with Gasteiger partial charge in [0.15, 0.2) is 15.3 Å².